The summed E-state index contributed by atoms with van der Waals surface area (Å²) in [6.07, 6.45) is 1.47. The van der Waals surface area contributed by atoms with Gasteiger partial charge in [-0.05, 0) is 48.0 Å². The van der Waals surface area contributed by atoms with Gasteiger partial charge in [0.1, 0.15) is 45.6 Å². The summed E-state index contributed by atoms with van der Waals surface area (Å²) in [5, 5.41) is 14.1. The summed E-state index contributed by atoms with van der Waals surface area (Å²) in [7, 11) is 0. The first-order chi connectivity index (χ1) is 16.0. The molecule has 2 aromatic heterocycles. The number of phenols is 1. The van der Waals surface area contributed by atoms with Crippen molar-refractivity contribution in [3.63, 3.8) is 0 Å². The van der Waals surface area contributed by atoms with Gasteiger partial charge < -0.3 is 15.2 Å². The lowest BCUT2D eigenvalue weighted by atomic mass is 10.2. The Labute approximate surface area is 197 Å². The van der Waals surface area contributed by atoms with Gasteiger partial charge in [0.2, 0.25) is 0 Å². The van der Waals surface area contributed by atoms with Crippen LogP contribution in [0.25, 0.3) is 20.9 Å². The Morgan fingerprint density at radius 1 is 1.03 bits per heavy atom. The lowest BCUT2D eigenvalue weighted by Gasteiger charge is -2.11. The van der Waals surface area contributed by atoms with Gasteiger partial charge in [-0.15, -0.1) is 0 Å². The van der Waals surface area contributed by atoms with E-state index in [-0.39, 0.29) is 18.2 Å². The molecule has 2 N–H and O–H groups in total. The second-order valence-corrected chi connectivity index (χ2v) is 8.52. The molecule has 0 atom stereocenters. The van der Waals surface area contributed by atoms with Crippen LogP contribution in [0.5, 0.6) is 11.5 Å². The van der Waals surface area contributed by atoms with E-state index in [1.165, 1.54) is 29.8 Å². The van der Waals surface area contributed by atoms with Gasteiger partial charge >= 0.3 is 0 Å². The Bertz CT molecular complexity index is 1460. The van der Waals surface area contributed by atoms with E-state index in [9.17, 15) is 9.50 Å². The van der Waals surface area contributed by atoms with Gasteiger partial charge in [-0.25, -0.2) is 19.3 Å². The van der Waals surface area contributed by atoms with Crippen molar-refractivity contribution in [2.24, 2.45) is 0 Å². The average Bonchev–Trinajstić information content (AvgIpc) is 3.24. The molecule has 0 aliphatic rings. The number of ether oxygens (including phenoxy) is 1. The highest BCUT2D eigenvalue weighted by atomic mass is 35.5. The second-order valence-electron chi connectivity index (χ2n) is 7.13. The lowest BCUT2D eigenvalue weighted by Crippen LogP contribution is -1.98. The highest BCUT2D eigenvalue weighted by Crippen LogP contribution is 2.35. The molecule has 0 aliphatic carbocycles. The highest BCUT2D eigenvalue weighted by molar-refractivity contribution is 7.21. The SMILES string of the molecule is Oc1cccc(-c2nc3c(Nc4ccc(OCc5cccc(F)c5)c(Cl)c4)ncnc3s2)c1. The third kappa shape index (κ3) is 4.72. The number of hydrogen-bond donors (Lipinski definition) is 2. The Morgan fingerprint density at radius 2 is 1.91 bits per heavy atom. The van der Waals surface area contributed by atoms with E-state index in [4.69, 9.17) is 16.3 Å². The van der Waals surface area contributed by atoms with Crippen molar-refractivity contribution in [1.29, 1.82) is 0 Å². The molecule has 0 fully saturated rings. The lowest BCUT2D eigenvalue weighted by molar-refractivity contribution is 0.306. The van der Waals surface area contributed by atoms with Crippen molar-refractivity contribution >= 4 is 44.8 Å². The molecule has 6 nitrogen and oxygen atoms in total. The summed E-state index contributed by atoms with van der Waals surface area (Å²) in [6.45, 7) is 0.202. The number of benzene rings is 3. The molecule has 33 heavy (non-hydrogen) atoms. The van der Waals surface area contributed by atoms with Gasteiger partial charge in [-0.2, -0.15) is 0 Å². The molecule has 5 rings (SSSR count). The molecule has 0 amide bonds. The minimum Gasteiger partial charge on any atom is -0.508 e. The minimum absolute atomic E-state index is 0.172. The molecule has 3 aromatic carbocycles. The van der Waals surface area contributed by atoms with Crippen molar-refractivity contribution in [2.45, 2.75) is 6.61 Å². The molecule has 0 unspecified atom stereocenters. The standard InChI is InChI=1S/C24H16ClFN4O2S/c25-19-11-17(7-8-20(19)32-12-14-3-1-5-16(26)9-14)29-22-21-24(28-13-27-22)33-23(30-21)15-4-2-6-18(31)10-15/h1-11,13,31H,12H2,(H,27,28,29). The Balaban J connectivity index is 1.36. The van der Waals surface area contributed by atoms with Crippen LogP contribution in [-0.4, -0.2) is 20.1 Å². The predicted octanol–water partition coefficient (Wildman–Crippen LogP) is 6.57. The molecule has 9 heteroatoms. The van der Waals surface area contributed by atoms with E-state index < -0.39 is 0 Å². The molecule has 164 valence electrons. The zero-order chi connectivity index (χ0) is 22.8. The van der Waals surface area contributed by atoms with E-state index in [1.807, 2.05) is 12.1 Å². The number of thiazole rings is 1. The number of aromatic nitrogens is 3. The van der Waals surface area contributed by atoms with E-state index in [0.29, 0.717) is 38.2 Å². The Hall–Kier alpha value is -3.75. The third-order valence-corrected chi connectivity index (χ3v) is 6.07. The monoisotopic (exact) mass is 478 g/mol. The van der Waals surface area contributed by atoms with Gasteiger partial charge in [-0.1, -0.05) is 47.2 Å². The van der Waals surface area contributed by atoms with Crippen molar-refractivity contribution in [2.75, 3.05) is 5.32 Å². The minimum atomic E-state index is -0.313. The van der Waals surface area contributed by atoms with E-state index in [0.717, 1.165) is 10.6 Å². The largest absolute Gasteiger partial charge is 0.508 e. The fraction of sp³-hybridized carbons (Fsp3) is 0.0417. The van der Waals surface area contributed by atoms with Crippen molar-refractivity contribution in [3.05, 3.63) is 89.5 Å². The van der Waals surface area contributed by atoms with Crippen LogP contribution in [0, 0.1) is 5.82 Å². The fourth-order valence-electron chi connectivity index (χ4n) is 3.23. The normalized spacial score (nSPS) is 11.0. The smallest absolute Gasteiger partial charge is 0.161 e. The number of aromatic hydroxyl groups is 1. The van der Waals surface area contributed by atoms with E-state index in [2.05, 4.69) is 20.3 Å². The molecular weight excluding hydrogens is 463 g/mol. The third-order valence-electron chi connectivity index (χ3n) is 4.77. The van der Waals surface area contributed by atoms with Crippen molar-refractivity contribution < 1.29 is 14.2 Å². The van der Waals surface area contributed by atoms with Gasteiger partial charge in [0.25, 0.3) is 0 Å². The van der Waals surface area contributed by atoms with Gasteiger partial charge in [0, 0.05) is 11.3 Å². The Kier molecular flexibility index (Phi) is 5.77. The maximum absolute atomic E-state index is 13.3. The van der Waals surface area contributed by atoms with Crippen molar-refractivity contribution in [1.82, 2.24) is 15.0 Å². The number of nitrogens with zero attached hydrogens (tertiary/aromatic N) is 3. The van der Waals surface area contributed by atoms with Crippen LogP contribution in [0.2, 0.25) is 5.02 Å². The molecule has 0 saturated carbocycles. The number of phenolic OH excluding ortho intramolecular Hbond substituents is 1. The molecule has 0 spiro atoms. The first-order valence-corrected chi connectivity index (χ1v) is 11.1. The molecule has 5 aromatic rings. The van der Waals surface area contributed by atoms with E-state index in [1.54, 1.807) is 42.5 Å². The predicted molar refractivity (Wildman–Crippen MR) is 128 cm³/mol. The van der Waals surface area contributed by atoms with Crippen LogP contribution in [-0.2, 0) is 6.61 Å². The number of nitrogens with one attached hydrogen (secondary N) is 1. The highest BCUT2D eigenvalue weighted by Gasteiger charge is 2.13. The van der Waals surface area contributed by atoms with Crippen LogP contribution in [0.3, 0.4) is 0 Å². The topological polar surface area (TPSA) is 80.2 Å². The summed E-state index contributed by atoms with van der Waals surface area (Å²) in [4.78, 5) is 14.0. The molecular formula is C24H16ClFN4O2S. The van der Waals surface area contributed by atoms with Crippen LogP contribution < -0.4 is 10.1 Å². The number of anilines is 2. The second kappa shape index (κ2) is 9.01. The number of rotatable bonds is 6. The number of hydrogen-bond acceptors (Lipinski definition) is 7. The first-order valence-electron chi connectivity index (χ1n) is 9.90. The van der Waals surface area contributed by atoms with Crippen molar-refractivity contribution in [3.8, 4) is 22.1 Å². The quantitative estimate of drug-likeness (QED) is 0.287. The Morgan fingerprint density at radius 3 is 2.73 bits per heavy atom. The number of fused-ring (bicyclic) bond motifs is 1. The molecule has 0 saturated heterocycles. The van der Waals surface area contributed by atoms with Gasteiger partial charge in [0.15, 0.2) is 5.82 Å². The molecule has 2 heterocycles. The molecule has 0 radical (unpaired) electrons. The number of halogens is 2. The average molecular weight is 479 g/mol. The van der Waals surface area contributed by atoms with Crippen LogP contribution >= 0.6 is 22.9 Å². The fourth-order valence-corrected chi connectivity index (χ4v) is 4.37. The zero-order valence-electron chi connectivity index (χ0n) is 17.0. The zero-order valence-corrected chi connectivity index (χ0v) is 18.6. The summed E-state index contributed by atoms with van der Waals surface area (Å²) in [5.74, 6) is 0.879. The van der Waals surface area contributed by atoms with E-state index >= 15 is 0 Å². The summed E-state index contributed by atoms with van der Waals surface area (Å²) < 4.78 is 19.1. The summed E-state index contributed by atoms with van der Waals surface area (Å²) in [5.41, 5.74) is 2.82. The maximum atomic E-state index is 13.3. The first kappa shape index (κ1) is 21.1. The van der Waals surface area contributed by atoms with Crippen LogP contribution in [0.1, 0.15) is 5.56 Å². The summed E-state index contributed by atoms with van der Waals surface area (Å²) >= 11 is 7.81. The van der Waals surface area contributed by atoms with Gasteiger partial charge in [-0.3, -0.25) is 0 Å². The van der Waals surface area contributed by atoms with Crippen LogP contribution in [0.4, 0.5) is 15.9 Å². The molecule has 0 bridgehead atoms. The van der Waals surface area contributed by atoms with Crippen LogP contribution in [0.15, 0.2) is 73.1 Å². The molecule has 0 aliphatic heterocycles. The van der Waals surface area contributed by atoms with Gasteiger partial charge in [0.05, 0.1) is 5.02 Å². The maximum Gasteiger partial charge on any atom is 0.161 e. The summed E-state index contributed by atoms with van der Waals surface area (Å²) in [6, 6.07) is 18.4.